The summed E-state index contributed by atoms with van der Waals surface area (Å²) < 4.78 is 5.91. The summed E-state index contributed by atoms with van der Waals surface area (Å²) in [5.41, 5.74) is 1.21. The lowest BCUT2D eigenvalue weighted by Gasteiger charge is -2.13. The number of rotatable bonds is 14. The summed E-state index contributed by atoms with van der Waals surface area (Å²) in [6, 6.07) is 9.40. The maximum Gasteiger partial charge on any atom is 0.261 e. The van der Waals surface area contributed by atoms with Crippen LogP contribution >= 0.6 is 0 Å². The number of imide groups is 2. The summed E-state index contributed by atoms with van der Waals surface area (Å²) in [5.74, 6) is -0.683. The fourth-order valence-electron chi connectivity index (χ4n) is 4.68. The Morgan fingerprint density at radius 2 is 0.892 bits per heavy atom. The molecule has 0 aromatic heterocycles. The fraction of sp³-hybridized carbons (Fsp3) is 0.429. The van der Waals surface area contributed by atoms with Crippen LogP contribution in [0.1, 0.15) is 92.8 Å². The second-order valence-corrected chi connectivity index (χ2v) is 9.32. The van der Waals surface area contributed by atoms with Gasteiger partial charge in [-0.3, -0.25) is 29.0 Å². The van der Waals surface area contributed by atoms with Crippen molar-refractivity contribution in [3.05, 3.63) is 58.7 Å². The van der Waals surface area contributed by atoms with Gasteiger partial charge in [-0.2, -0.15) is 0 Å². The molecule has 0 saturated carbocycles. The molecule has 2 heterocycles. The first-order valence-electron chi connectivity index (χ1n) is 12.9. The summed E-state index contributed by atoms with van der Waals surface area (Å²) in [7, 11) is 0. The molecule has 0 radical (unpaired) electrons. The van der Waals surface area contributed by atoms with E-state index in [1.54, 1.807) is 24.3 Å². The van der Waals surface area contributed by atoms with Crippen LogP contribution in [0.25, 0.3) is 0 Å². The second kappa shape index (κ2) is 12.1. The zero-order valence-electron chi connectivity index (χ0n) is 20.8. The molecule has 2 aromatic carbocycles. The van der Waals surface area contributed by atoms with Crippen molar-refractivity contribution in [3.63, 3.8) is 0 Å². The van der Waals surface area contributed by atoms with Crippen LogP contribution in [0.15, 0.2) is 36.4 Å². The van der Waals surface area contributed by atoms with Crippen molar-refractivity contribution in [2.24, 2.45) is 0 Å². The van der Waals surface area contributed by atoms with E-state index in [2.05, 4.69) is 0 Å². The molecule has 2 aliphatic heterocycles. The zero-order valence-corrected chi connectivity index (χ0v) is 20.8. The summed E-state index contributed by atoms with van der Waals surface area (Å²) in [6.45, 7) is 0.920. The van der Waals surface area contributed by atoms with E-state index >= 15 is 0 Å². The largest absolute Gasteiger partial charge is 0.457 e. The molecule has 0 saturated heterocycles. The summed E-state index contributed by atoms with van der Waals surface area (Å²) in [6.07, 6.45) is 6.09. The predicted octanol–water partition coefficient (Wildman–Crippen LogP) is 3.78. The Morgan fingerprint density at radius 1 is 0.514 bits per heavy atom. The minimum Gasteiger partial charge on any atom is -0.457 e. The highest BCUT2D eigenvalue weighted by molar-refractivity contribution is 6.22. The van der Waals surface area contributed by atoms with E-state index in [1.807, 2.05) is 0 Å². The number of unbranched alkanes of at least 4 members (excludes halogenated alkanes) is 6. The highest BCUT2D eigenvalue weighted by Gasteiger charge is 2.36. The Hall–Kier alpha value is -3.56. The van der Waals surface area contributed by atoms with Crippen LogP contribution in [0.4, 0.5) is 0 Å². The third-order valence-electron chi connectivity index (χ3n) is 6.70. The van der Waals surface area contributed by atoms with Crippen LogP contribution in [0.2, 0.25) is 0 Å². The van der Waals surface area contributed by atoms with E-state index in [0.29, 0.717) is 61.4 Å². The molecule has 0 atom stereocenters. The molecule has 4 rings (SSSR count). The van der Waals surface area contributed by atoms with Crippen LogP contribution < -0.4 is 4.74 Å². The number of benzene rings is 2. The van der Waals surface area contributed by atoms with Gasteiger partial charge in [0, 0.05) is 26.3 Å². The molecule has 0 spiro atoms. The third-order valence-corrected chi connectivity index (χ3v) is 6.70. The zero-order chi connectivity index (χ0) is 26.4. The van der Waals surface area contributed by atoms with Crippen LogP contribution in [0, 0.1) is 0 Å². The number of aliphatic hydroxyl groups is 2. The molecule has 9 nitrogen and oxygen atoms in total. The number of carbonyl (C=O) groups excluding carboxylic acids is 4. The fourth-order valence-corrected chi connectivity index (χ4v) is 4.68. The molecule has 196 valence electrons. The number of hydrogen-bond acceptors (Lipinski definition) is 7. The molecule has 0 fully saturated rings. The Labute approximate surface area is 215 Å². The molecule has 2 aliphatic rings. The van der Waals surface area contributed by atoms with Gasteiger partial charge in [0.1, 0.15) is 11.5 Å². The number of amides is 4. The van der Waals surface area contributed by atoms with Crippen molar-refractivity contribution in [1.29, 1.82) is 0 Å². The van der Waals surface area contributed by atoms with Gasteiger partial charge in [0.25, 0.3) is 23.6 Å². The number of nitrogens with zero attached hydrogens (tertiary/aromatic N) is 2. The first-order valence-corrected chi connectivity index (χ1v) is 12.9. The van der Waals surface area contributed by atoms with Gasteiger partial charge in [-0.1, -0.05) is 25.7 Å². The minimum atomic E-state index is -0.364. The Morgan fingerprint density at radius 3 is 1.30 bits per heavy atom. The average molecular weight is 509 g/mol. The second-order valence-electron chi connectivity index (χ2n) is 9.32. The number of carbonyl (C=O) groups is 4. The molecule has 0 unspecified atom stereocenters. The molecular formula is C28H32N2O7. The summed E-state index contributed by atoms with van der Waals surface area (Å²) >= 11 is 0. The van der Waals surface area contributed by atoms with Crippen LogP contribution in [0.3, 0.4) is 0 Å². The van der Waals surface area contributed by atoms with Gasteiger partial charge >= 0.3 is 0 Å². The lowest BCUT2D eigenvalue weighted by molar-refractivity contribution is 0.0635. The van der Waals surface area contributed by atoms with Crippen LogP contribution in [-0.4, -0.2) is 69.9 Å². The van der Waals surface area contributed by atoms with E-state index < -0.39 is 0 Å². The predicted molar refractivity (Wildman–Crippen MR) is 135 cm³/mol. The van der Waals surface area contributed by atoms with Crippen molar-refractivity contribution in [2.75, 3.05) is 26.3 Å². The Kier molecular flexibility index (Phi) is 8.68. The summed E-state index contributed by atoms with van der Waals surface area (Å²) in [4.78, 5) is 53.6. The maximum atomic E-state index is 12.9. The first kappa shape index (κ1) is 26.5. The van der Waals surface area contributed by atoms with Crippen molar-refractivity contribution in [3.8, 4) is 11.5 Å². The molecule has 2 N–H and O–H groups in total. The quantitative estimate of drug-likeness (QED) is 0.294. The highest BCUT2D eigenvalue weighted by atomic mass is 16.5. The van der Waals surface area contributed by atoms with Gasteiger partial charge in [0.2, 0.25) is 0 Å². The van der Waals surface area contributed by atoms with Gasteiger partial charge in [0.05, 0.1) is 22.3 Å². The molecule has 0 bridgehead atoms. The van der Waals surface area contributed by atoms with Gasteiger partial charge < -0.3 is 14.9 Å². The van der Waals surface area contributed by atoms with Crippen molar-refractivity contribution >= 4 is 23.6 Å². The maximum absolute atomic E-state index is 12.9. The summed E-state index contributed by atoms with van der Waals surface area (Å²) in [5, 5.41) is 17.8. The van der Waals surface area contributed by atoms with Gasteiger partial charge in [-0.25, -0.2) is 0 Å². The van der Waals surface area contributed by atoms with Crippen molar-refractivity contribution < 1.29 is 34.1 Å². The van der Waals surface area contributed by atoms with E-state index in [1.165, 1.54) is 21.9 Å². The van der Waals surface area contributed by atoms with Crippen LogP contribution in [0.5, 0.6) is 11.5 Å². The molecule has 0 aliphatic carbocycles. The van der Waals surface area contributed by atoms with Crippen molar-refractivity contribution in [2.45, 2.75) is 51.4 Å². The monoisotopic (exact) mass is 508 g/mol. The van der Waals surface area contributed by atoms with Crippen molar-refractivity contribution in [1.82, 2.24) is 9.80 Å². The standard InChI is InChI=1S/C28H32N2O7/c31-15-7-3-1-5-13-29-25(33)21-11-9-19(17-23(21)27(29)35)37-20-10-12-22-24(18-20)28(36)30(26(22)34)14-6-2-4-8-16-32/h9-12,17-18,31-32H,1-8,13-16H2. The number of hydrogen-bond donors (Lipinski definition) is 2. The van der Waals surface area contributed by atoms with Crippen LogP contribution in [-0.2, 0) is 0 Å². The smallest absolute Gasteiger partial charge is 0.261 e. The Bertz CT molecular complexity index is 1100. The first-order chi connectivity index (χ1) is 18.0. The molecule has 2 aromatic rings. The van der Waals surface area contributed by atoms with Gasteiger partial charge in [-0.05, 0) is 62.1 Å². The minimum absolute atomic E-state index is 0.134. The number of aliphatic hydroxyl groups excluding tert-OH is 2. The van der Waals surface area contributed by atoms with E-state index in [9.17, 15) is 19.2 Å². The third kappa shape index (κ3) is 5.73. The lowest BCUT2D eigenvalue weighted by atomic mass is 10.1. The number of fused-ring (bicyclic) bond motifs is 2. The molecule has 9 heteroatoms. The average Bonchev–Trinajstić information content (AvgIpc) is 3.28. The molecule has 37 heavy (non-hydrogen) atoms. The Balaban J connectivity index is 1.40. The van der Waals surface area contributed by atoms with Gasteiger partial charge in [-0.15, -0.1) is 0 Å². The van der Waals surface area contributed by atoms with E-state index in [4.69, 9.17) is 14.9 Å². The normalized spacial score (nSPS) is 14.5. The number of ether oxygens (including phenoxy) is 1. The lowest BCUT2D eigenvalue weighted by Crippen LogP contribution is -2.30. The van der Waals surface area contributed by atoms with E-state index in [-0.39, 0.29) is 48.0 Å². The molecular weight excluding hydrogens is 476 g/mol. The molecule has 4 amide bonds. The highest BCUT2D eigenvalue weighted by Crippen LogP contribution is 2.32. The SMILES string of the molecule is O=C1c2ccc(Oc3ccc4c(c3)C(=O)N(CCCCCCO)C4=O)cc2C(=O)N1CCCCCCO. The topological polar surface area (TPSA) is 124 Å². The van der Waals surface area contributed by atoms with E-state index in [0.717, 1.165) is 25.7 Å². The van der Waals surface area contributed by atoms with Gasteiger partial charge in [0.15, 0.2) is 0 Å².